The van der Waals surface area contributed by atoms with Crippen molar-refractivity contribution < 1.29 is 19.3 Å². The van der Waals surface area contributed by atoms with Crippen molar-refractivity contribution in [2.24, 2.45) is 5.41 Å². The van der Waals surface area contributed by atoms with E-state index in [1.54, 1.807) is 24.3 Å². The highest BCUT2D eigenvalue weighted by Crippen LogP contribution is 2.60. The molecule has 1 fully saturated rings. The van der Waals surface area contributed by atoms with E-state index in [1.165, 1.54) is 24.3 Å². The van der Waals surface area contributed by atoms with Crippen LogP contribution in [-0.4, -0.2) is 34.4 Å². The van der Waals surface area contributed by atoms with Crippen LogP contribution in [0.4, 0.5) is 11.4 Å². The first-order valence-electron chi connectivity index (χ1n) is 13.4. The van der Waals surface area contributed by atoms with Crippen LogP contribution in [0.25, 0.3) is 6.08 Å². The lowest BCUT2D eigenvalue weighted by molar-refractivity contribution is -0.384. The van der Waals surface area contributed by atoms with E-state index in [0.29, 0.717) is 16.7 Å². The number of fused-ring (bicyclic) bond motifs is 5. The minimum absolute atomic E-state index is 0.125. The molecule has 3 atom stereocenters. The second kappa shape index (κ2) is 8.93. The highest BCUT2D eigenvalue weighted by Gasteiger charge is 2.71. The molecule has 7 rings (SSSR count). The predicted molar refractivity (Wildman–Crippen MR) is 154 cm³/mol. The zero-order valence-corrected chi connectivity index (χ0v) is 22.1. The van der Waals surface area contributed by atoms with Crippen molar-refractivity contribution in [3.63, 3.8) is 0 Å². The molecule has 200 valence electrons. The average molecular weight is 541 g/mol. The van der Waals surface area contributed by atoms with E-state index >= 15 is 0 Å². The molecule has 0 aromatic heterocycles. The number of anilines is 1. The number of hydrogen-bond donors (Lipinski definition) is 0. The standard InChI is InChI=1S/C34H24N2O5/c1-20-10-12-22(13-11-20)29-30(31(37)23-14-17-24(18-15-23)36(40)41)35-27-9-5-2-6-21(27)16-19-28(35)34(29)32(38)25-7-3-4-8-26(25)33(34)39/h2-19,28-30H,1H3. The smallest absolute Gasteiger partial charge is 0.269 e. The number of Topliss-reactive ketones (excluding diaryl/α,β-unsaturated/α-hetero) is 3. The van der Waals surface area contributed by atoms with Crippen LogP contribution in [0.2, 0.25) is 0 Å². The van der Waals surface area contributed by atoms with Crippen LogP contribution in [-0.2, 0) is 0 Å². The molecule has 2 aliphatic heterocycles. The molecule has 0 radical (unpaired) electrons. The Balaban J connectivity index is 1.52. The number of hydrogen-bond acceptors (Lipinski definition) is 6. The van der Waals surface area contributed by atoms with Crippen molar-refractivity contribution >= 4 is 34.8 Å². The third kappa shape index (κ3) is 3.35. The molecule has 1 spiro atoms. The summed E-state index contributed by atoms with van der Waals surface area (Å²) in [5.41, 5.74) is 2.65. The number of para-hydroxylation sites is 1. The van der Waals surface area contributed by atoms with Gasteiger partial charge in [-0.05, 0) is 36.2 Å². The molecular formula is C34H24N2O5. The van der Waals surface area contributed by atoms with Gasteiger partial charge in [-0.2, -0.15) is 0 Å². The molecular weight excluding hydrogens is 516 g/mol. The van der Waals surface area contributed by atoms with Gasteiger partial charge in [0, 0.05) is 40.4 Å². The molecule has 0 saturated carbocycles. The van der Waals surface area contributed by atoms with Crippen molar-refractivity contribution in [2.75, 3.05) is 4.90 Å². The zero-order valence-electron chi connectivity index (χ0n) is 22.1. The summed E-state index contributed by atoms with van der Waals surface area (Å²) in [5.74, 6) is -1.71. The summed E-state index contributed by atoms with van der Waals surface area (Å²) in [5, 5.41) is 11.3. The van der Waals surface area contributed by atoms with Crippen molar-refractivity contribution in [3.05, 3.63) is 147 Å². The van der Waals surface area contributed by atoms with E-state index in [-0.39, 0.29) is 28.6 Å². The summed E-state index contributed by atoms with van der Waals surface area (Å²) in [6, 6.07) is 26.0. The third-order valence-electron chi connectivity index (χ3n) is 8.78. The van der Waals surface area contributed by atoms with Gasteiger partial charge >= 0.3 is 0 Å². The van der Waals surface area contributed by atoms with Gasteiger partial charge < -0.3 is 4.90 Å². The fraction of sp³-hybridized carbons (Fsp3) is 0.147. The van der Waals surface area contributed by atoms with Gasteiger partial charge in [-0.25, -0.2) is 0 Å². The van der Waals surface area contributed by atoms with Gasteiger partial charge in [-0.3, -0.25) is 24.5 Å². The van der Waals surface area contributed by atoms with Gasteiger partial charge in [-0.1, -0.05) is 84.4 Å². The second-order valence-corrected chi connectivity index (χ2v) is 10.8. The minimum Gasteiger partial charge on any atom is -0.352 e. The Kier molecular flexibility index (Phi) is 5.41. The van der Waals surface area contributed by atoms with Crippen molar-refractivity contribution in [2.45, 2.75) is 24.9 Å². The van der Waals surface area contributed by atoms with Gasteiger partial charge in [0.25, 0.3) is 5.69 Å². The molecule has 3 unspecified atom stereocenters. The van der Waals surface area contributed by atoms with Gasteiger partial charge in [0.1, 0.15) is 11.5 Å². The number of nitrogens with zero attached hydrogens (tertiary/aromatic N) is 2. The average Bonchev–Trinajstić information content (AvgIpc) is 3.43. The molecule has 41 heavy (non-hydrogen) atoms. The van der Waals surface area contributed by atoms with E-state index in [9.17, 15) is 24.5 Å². The molecule has 3 aliphatic rings. The number of carbonyl (C=O) groups excluding carboxylic acids is 3. The number of aryl methyl sites for hydroxylation is 1. The van der Waals surface area contributed by atoms with Crippen LogP contribution in [0.3, 0.4) is 0 Å². The number of non-ortho nitro benzene ring substituents is 1. The highest BCUT2D eigenvalue weighted by molar-refractivity contribution is 6.32. The van der Waals surface area contributed by atoms with E-state index in [2.05, 4.69) is 0 Å². The molecule has 1 saturated heterocycles. The third-order valence-corrected chi connectivity index (χ3v) is 8.78. The molecule has 0 bridgehead atoms. The Morgan fingerprint density at radius 2 is 1.44 bits per heavy atom. The monoisotopic (exact) mass is 540 g/mol. The van der Waals surface area contributed by atoms with Gasteiger partial charge in [0.05, 0.1) is 11.0 Å². The SMILES string of the molecule is Cc1ccc(C2C(C(=O)c3ccc([N+](=O)[O-])cc3)N3c4ccccc4C=CC3C23C(=O)c2ccccc2C3=O)cc1. The van der Waals surface area contributed by atoms with Crippen LogP contribution in [0, 0.1) is 22.5 Å². The summed E-state index contributed by atoms with van der Waals surface area (Å²) in [7, 11) is 0. The number of nitro benzene ring substituents is 1. The van der Waals surface area contributed by atoms with Crippen molar-refractivity contribution in [3.8, 4) is 0 Å². The van der Waals surface area contributed by atoms with Crippen molar-refractivity contribution in [1.82, 2.24) is 0 Å². The number of nitro groups is 1. The Morgan fingerprint density at radius 3 is 2.07 bits per heavy atom. The maximum absolute atomic E-state index is 14.6. The summed E-state index contributed by atoms with van der Waals surface area (Å²) in [6.45, 7) is 1.96. The molecule has 4 aromatic rings. The lowest BCUT2D eigenvalue weighted by Crippen LogP contribution is -2.48. The minimum atomic E-state index is -1.58. The number of carbonyl (C=O) groups is 3. The van der Waals surface area contributed by atoms with Crippen LogP contribution in [0.5, 0.6) is 0 Å². The fourth-order valence-corrected chi connectivity index (χ4v) is 6.98. The molecule has 7 heteroatoms. The molecule has 0 amide bonds. The quantitative estimate of drug-likeness (QED) is 0.132. The van der Waals surface area contributed by atoms with Gasteiger partial charge in [0.15, 0.2) is 17.3 Å². The maximum atomic E-state index is 14.6. The molecule has 0 N–H and O–H groups in total. The summed E-state index contributed by atoms with van der Waals surface area (Å²) in [6.07, 6.45) is 3.81. The van der Waals surface area contributed by atoms with Crippen LogP contribution < -0.4 is 4.90 Å². The van der Waals surface area contributed by atoms with Crippen LogP contribution >= 0.6 is 0 Å². The van der Waals surface area contributed by atoms with E-state index < -0.39 is 28.3 Å². The van der Waals surface area contributed by atoms with Crippen LogP contribution in [0.1, 0.15) is 53.7 Å². The Labute approximate surface area is 235 Å². The number of benzene rings is 4. The van der Waals surface area contributed by atoms with E-state index in [4.69, 9.17) is 0 Å². The van der Waals surface area contributed by atoms with Gasteiger partial charge in [0.2, 0.25) is 0 Å². The molecule has 1 aliphatic carbocycles. The van der Waals surface area contributed by atoms with E-state index in [1.807, 2.05) is 72.5 Å². The van der Waals surface area contributed by atoms with E-state index in [0.717, 1.165) is 16.8 Å². The first-order valence-corrected chi connectivity index (χ1v) is 13.4. The zero-order chi connectivity index (χ0) is 28.5. The Bertz CT molecular complexity index is 1770. The van der Waals surface area contributed by atoms with Gasteiger partial charge in [-0.15, -0.1) is 0 Å². The maximum Gasteiger partial charge on any atom is 0.269 e. The second-order valence-electron chi connectivity index (χ2n) is 10.8. The normalized spacial score (nSPS) is 21.5. The molecule has 4 aromatic carbocycles. The first kappa shape index (κ1) is 24.8. The largest absolute Gasteiger partial charge is 0.352 e. The Hall–Kier alpha value is -5.17. The predicted octanol–water partition coefficient (Wildman–Crippen LogP) is 6.22. The highest BCUT2D eigenvalue weighted by atomic mass is 16.6. The summed E-state index contributed by atoms with van der Waals surface area (Å²) in [4.78, 5) is 56.6. The van der Waals surface area contributed by atoms with Crippen molar-refractivity contribution in [1.29, 1.82) is 0 Å². The first-order chi connectivity index (χ1) is 19.8. The molecule has 2 heterocycles. The molecule has 7 nitrogen and oxygen atoms in total. The summed E-state index contributed by atoms with van der Waals surface area (Å²) >= 11 is 0. The fourth-order valence-electron chi connectivity index (χ4n) is 6.98. The lowest BCUT2D eigenvalue weighted by atomic mass is 9.64. The lowest BCUT2D eigenvalue weighted by Gasteiger charge is -2.37. The number of rotatable bonds is 4. The summed E-state index contributed by atoms with van der Waals surface area (Å²) < 4.78 is 0. The van der Waals surface area contributed by atoms with Crippen LogP contribution in [0.15, 0.2) is 103 Å². The Morgan fingerprint density at radius 1 is 0.829 bits per heavy atom. The number of ketones is 3. The topological polar surface area (TPSA) is 97.6 Å².